The highest BCUT2D eigenvalue weighted by Gasteiger charge is 2.26. The minimum absolute atomic E-state index is 0.0141. The molecule has 2 aromatic rings. The molecule has 0 bridgehead atoms. The van der Waals surface area contributed by atoms with Crippen LogP contribution in [-0.4, -0.2) is 48.2 Å². The summed E-state index contributed by atoms with van der Waals surface area (Å²) in [7, 11) is 1.54. The van der Waals surface area contributed by atoms with Crippen molar-refractivity contribution in [2.24, 2.45) is 5.10 Å². The Labute approximate surface area is 183 Å². The number of carbonyl (C=O) groups excluding carboxylic acids is 1. The second-order valence-corrected chi connectivity index (χ2v) is 7.27. The highest BCUT2D eigenvalue weighted by atomic mass is 79.9. The summed E-state index contributed by atoms with van der Waals surface area (Å²) in [6, 6.07) is 5.08. The third kappa shape index (κ3) is 5.63. The van der Waals surface area contributed by atoms with Crippen molar-refractivity contribution in [3.8, 4) is 5.88 Å². The van der Waals surface area contributed by atoms with Gasteiger partial charge in [-0.25, -0.2) is 13.8 Å². The van der Waals surface area contributed by atoms with Crippen molar-refractivity contribution in [1.29, 1.82) is 0 Å². The van der Waals surface area contributed by atoms with Crippen molar-refractivity contribution in [2.45, 2.75) is 19.9 Å². The van der Waals surface area contributed by atoms with E-state index in [0.717, 1.165) is 0 Å². The number of likely N-dealkylation sites (N-methyl/N-ethyl adjacent to an activating group) is 1. The number of halogens is 3. The Morgan fingerprint density at radius 1 is 1.40 bits per heavy atom. The molecule has 30 heavy (non-hydrogen) atoms. The maximum Gasteiger partial charge on any atom is 0.256 e. The number of hydrogen-bond donors (Lipinski definition) is 0. The fourth-order valence-corrected chi connectivity index (χ4v) is 3.13. The SMILES string of the molecule is C=C/C=N\N(C)c1c(F)cccc1C(=O)N(CC)C(C)COc1ncc(Br)cc1F. The van der Waals surface area contributed by atoms with E-state index < -0.39 is 23.6 Å². The van der Waals surface area contributed by atoms with E-state index in [1.807, 2.05) is 0 Å². The van der Waals surface area contributed by atoms with Crippen LogP contribution in [0.1, 0.15) is 24.2 Å². The van der Waals surface area contributed by atoms with Crippen molar-refractivity contribution in [3.63, 3.8) is 0 Å². The van der Waals surface area contributed by atoms with E-state index in [2.05, 4.69) is 32.6 Å². The first-order chi connectivity index (χ1) is 14.3. The van der Waals surface area contributed by atoms with Crippen LogP contribution in [0, 0.1) is 11.6 Å². The van der Waals surface area contributed by atoms with Crippen molar-refractivity contribution < 1.29 is 18.3 Å². The van der Waals surface area contributed by atoms with Crippen LogP contribution >= 0.6 is 15.9 Å². The molecule has 0 saturated heterocycles. The van der Waals surface area contributed by atoms with E-state index in [-0.39, 0.29) is 23.7 Å². The van der Waals surface area contributed by atoms with E-state index in [0.29, 0.717) is 11.0 Å². The summed E-state index contributed by atoms with van der Waals surface area (Å²) in [5.41, 5.74) is 0.202. The molecule has 9 heteroatoms. The Morgan fingerprint density at radius 3 is 2.77 bits per heavy atom. The molecule has 1 amide bonds. The number of carbonyl (C=O) groups is 1. The second kappa shape index (κ2) is 10.8. The van der Waals surface area contributed by atoms with Crippen LogP contribution in [0.5, 0.6) is 5.88 Å². The van der Waals surface area contributed by atoms with Gasteiger partial charge in [0.05, 0.1) is 11.6 Å². The third-order valence-corrected chi connectivity index (χ3v) is 4.69. The molecule has 1 unspecified atom stereocenters. The van der Waals surface area contributed by atoms with E-state index in [9.17, 15) is 13.6 Å². The van der Waals surface area contributed by atoms with E-state index in [1.54, 1.807) is 20.9 Å². The lowest BCUT2D eigenvalue weighted by Crippen LogP contribution is -2.42. The first kappa shape index (κ1) is 23.5. The lowest BCUT2D eigenvalue weighted by Gasteiger charge is -2.29. The van der Waals surface area contributed by atoms with Gasteiger partial charge in [-0.2, -0.15) is 5.10 Å². The summed E-state index contributed by atoms with van der Waals surface area (Å²) in [6.45, 7) is 7.45. The molecular formula is C21H23BrF2N4O2. The molecular weight excluding hydrogens is 458 g/mol. The van der Waals surface area contributed by atoms with Gasteiger partial charge in [0, 0.05) is 30.5 Å². The van der Waals surface area contributed by atoms with Crippen molar-refractivity contribution >= 4 is 33.7 Å². The standard InChI is InChI=1S/C21H23BrF2N4O2/c1-5-10-26-27(4)19-16(8-7-9-17(19)23)21(29)28(6-2)14(3)13-30-20-18(24)11-15(22)12-25-20/h5,7-12,14H,1,6,13H2,2-4H3/b26-10-. The average molecular weight is 481 g/mol. The Balaban J connectivity index is 2.24. The molecule has 1 aromatic carbocycles. The van der Waals surface area contributed by atoms with Gasteiger partial charge < -0.3 is 9.64 Å². The summed E-state index contributed by atoms with van der Waals surface area (Å²) in [4.78, 5) is 18.6. The quantitative estimate of drug-likeness (QED) is 0.386. The van der Waals surface area contributed by atoms with E-state index in [4.69, 9.17) is 4.74 Å². The molecule has 6 nitrogen and oxygen atoms in total. The number of hydrazone groups is 1. The first-order valence-electron chi connectivity index (χ1n) is 9.22. The molecule has 0 N–H and O–H groups in total. The minimum atomic E-state index is -0.611. The van der Waals surface area contributed by atoms with Gasteiger partial charge in [-0.15, -0.1) is 0 Å². The Hall–Kier alpha value is -2.81. The van der Waals surface area contributed by atoms with Crippen LogP contribution in [0.15, 0.2) is 52.7 Å². The van der Waals surface area contributed by atoms with E-state index in [1.165, 1.54) is 52.7 Å². The van der Waals surface area contributed by atoms with Gasteiger partial charge in [0.1, 0.15) is 18.1 Å². The number of allylic oxidation sites excluding steroid dienone is 1. The van der Waals surface area contributed by atoms with Crippen LogP contribution < -0.4 is 9.75 Å². The molecule has 0 fully saturated rings. The highest BCUT2D eigenvalue weighted by molar-refractivity contribution is 9.10. The number of pyridine rings is 1. The lowest BCUT2D eigenvalue weighted by molar-refractivity contribution is 0.0644. The van der Waals surface area contributed by atoms with Crippen LogP contribution in [0.4, 0.5) is 14.5 Å². The number of rotatable bonds is 9. The van der Waals surface area contributed by atoms with Gasteiger partial charge in [-0.1, -0.05) is 12.6 Å². The number of nitrogens with zero attached hydrogens (tertiary/aromatic N) is 4. The van der Waals surface area contributed by atoms with Gasteiger partial charge in [-0.05, 0) is 54.1 Å². The van der Waals surface area contributed by atoms with Crippen LogP contribution in [0.2, 0.25) is 0 Å². The van der Waals surface area contributed by atoms with Crippen LogP contribution in [-0.2, 0) is 0 Å². The first-order valence-corrected chi connectivity index (χ1v) is 10.0. The largest absolute Gasteiger partial charge is 0.473 e. The van der Waals surface area contributed by atoms with Crippen molar-refractivity contribution in [1.82, 2.24) is 9.88 Å². The maximum atomic E-state index is 14.5. The molecule has 0 saturated carbocycles. The zero-order chi connectivity index (χ0) is 22.3. The number of hydrogen-bond acceptors (Lipinski definition) is 5. The zero-order valence-electron chi connectivity index (χ0n) is 17.0. The molecule has 1 aromatic heterocycles. The van der Waals surface area contributed by atoms with Gasteiger partial charge >= 0.3 is 0 Å². The second-order valence-electron chi connectivity index (χ2n) is 6.35. The minimum Gasteiger partial charge on any atom is -0.473 e. The fraction of sp³-hybridized carbons (Fsp3) is 0.286. The maximum absolute atomic E-state index is 14.5. The smallest absolute Gasteiger partial charge is 0.256 e. The predicted octanol–water partition coefficient (Wildman–Crippen LogP) is 4.66. The zero-order valence-corrected chi connectivity index (χ0v) is 18.6. The third-order valence-electron chi connectivity index (χ3n) is 4.25. The van der Waals surface area contributed by atoms with Gasteiger partial charge in [-0.3, -0.25) is 9.80 Å². The molecule has 160 valence electrons. The molecule has 1 atom stereocenters. The van der Waals surface area contributed by atoms with Gasteiger partial charge in [0.2, 0.25) is 0 Å². The number of benzene rings is 1. The lowest BCUT2D eigenvalue weighted by atomic mass is 10.1. The van der Waals surface area contributed by atoms with Crippen molar-refractivity contribution in [2.75, 3.05) is 25.2 Å². The summed E-state index contributed by atoms with van der Waals surface area (Å²) in [5, 5.41) is 5.32. The Morgan fingerprint density at radius 2 is 2.13 bits per heavy atom. The molecule has 1 heterocycles. The molecule has 0 spiro atoms. The topological polar surface area (TPSA) is 58.0 Å². The van der Waals surface area contributed by atoms with Crippen molar-refractivity contribution in [3.05, 3.63) is 64.8 Å². The number of aromatic nitrogens is 1. The highest BCUT2D eigenvalue weighted by Crippen LogP contribution is 2.26. The Bertz CT molecular complexity index is 939. The summed E-state index contributed by atoms with van der Waals surface area (Å²) >= 11 is 3.13. The monoisotopic (exact) mass is 480 g/mol. The average Bonchev–Trinajstić information content (AvgIpc) is 2.71. The number of amides is 1. The summed E-state index contributed by atoms with van der Waals surface area (Å²) in [5.74, 6) is -1.74. The molecule has 0 aliphatic rings. The molecule has 2 rings (SSSR count). The number of para-hydroxylation sites is 1. The normalized spacial score (nSPS) is 11.9. The molecule has 0 aliphatic heterocycles. The van der Waals surface area contributed by atoms with E-state index >= 15 is 0 Å². The van der Waals surface area contributed by atoms with Crippen LogP contribution in [0.25, 0.3) is 0 Å². The molecule has 0 radical (unpaired) electrons. The Kier molecular flexibility index (Phi) is 8.46. The van der Waals surface area contributed by atoms with Crippen LogP contribution in [0.3, 0.4) is 0 Å². The predicted molar refractivity (Wildman–Crippen MR) is 117 cm³/mol. The fourth-order valence-electron chi connectivity index (χ4n) is 2.83. The van der Waals surface area contributed by atoms with Gasteiger partial charge in [0.15, 0.2) is 5.82 Å². The number of anilines is 1. The van der Waals surface area contributed by atoms with Gasteiger partial charge in [0.25, 0.3) is 11.8 Å². The number of ether oxygens (including phenoxy) is 1. The summed E-state index contributed by atoms with van der Waals surface area (Å²) in [6.07, 6.45) is 4.27. The molecule has 0 aliphatic carbocycles. The summed E-state index contributed by atoms with van der Waals surface area (Å²) < 4.78 is 34.4.